The van der Waals surface area contributed by atoms with Crippen molar-refractivity contribution in [3.8, 4) is 5.75 Å². The van der Waals surface area contributed by atoms with Crippen molar-refractivity contribution in [3.05, 3.63) is 28.8 Å². The quantitative estimate of drug-likeness (QED) is 0.745. The van der Waals surface area contributed by atoms with Crippen LogP contribution in [0.1, 0.15) is 18.5 Å². The van der Waals surface area contributed by atoms with Gasteiger partial charge in [-0.2, -0.15) is 0 Å². The van der Waals surface area contributed by atoms with E-state index < -0.39 is 0 Å². The highest BCUT2D eigenvalue weighted by Crippen LogP contribution is 2.27. The summed E-state index contributed by atoms with van der Waals surface area (Å²) in [6.45, 7) is 2.71. The van der Waals surface area contributed by atoms with Gasteiger partial charge in [0.15, 0.2) is 6.61 Å². The zero-order valence-corrected chi connectivity index (χ0v) is 11.9. The number of benzene rings is 1. The third kappa shape index (κ3) is 5.46. The van der Waals surface area contributed by atoms with Gasteiger partial charge < -0.3 is 20.5 Å². The smallest absolute Gasteiger partial charge is 0.258 e. The van der Waals surface area contributed by atoms with E-state index in [4.69, 9.17) is 26.8 Å². The number of methoxy groups -OCH3 is 1. The molecule has 0 saturated heterocycles. The third-order valence-corrected chi connectivity index (χ3v) is 2.76. The Morgan fingerprint density at radius 1 is 1.53 bits per heavy atom. The molecule has 1 atom stereocenters. The lowest BCUT2D eigenvalue weighted by Crippen LogP contribution is -2.31. The highest BCUT2D eigenvalue weighted by Gasteiger charge is 2.08. The first kappa shape index (κ1) is 15.8. The second kappa shape index (κ2) is 7.99. The SMILES string of the molecule is COCCNC(=O)COc1ccc([C@H](C)N)cc1Cl. The lowest BCUT2D eigenvalue weighted by molar-refractivity contribution is -0.123. The van der Waals surface area contributed by atoms with E-state index in [1.165, 1.54) is 0 Å². The van der Waals surface area contributed by atoms with E-state index in [1.807, 2.05) is 13.0 Å². The number of nitrogens with two attached hydrogens (primary N) is 1. The Labute approximate surface area is 118 Å². The van der Waals surface area contributed by atoms with Crippen molar-refractivity contribution < 1.29 is 14.3 Å². The summed E-state index contributed by atoms with van der Waals surface area (Å²) in [5, 5.41) is 3.09. The summed E-state index contributed by atoms with van der Waals surface area (Å²) in [6, 6.07) is 5.19. The van der Waals surface area contributed by atoms with Crippen LogP contribution in [-0.2, 0) is 9.53 Å². The number of rotatable bonds is 7. The number of carbonyl (C=O) groups is 1. The molecule has 1 rings (SSSR count). The fourth-order valence-electron chi connectivity index (χ4n) is 1.40. The molecule has 5 nitrogen and oxygen atoms in total. The molecule has 1 amide bonds. The van der Waals surface area contributed by atoms with Crippen molar-refractivity contribution in [2.24, 2.45) is 5.73 Å². The number of ether oxygens (including phenoxy) is 2. The Morgan fingerprint density at radius 3 is 2.84 bits per heavy atom. The van der Waals surface area contributed by atoms with E-state index in [0.717, 1.165) is 5.56 Å². The highest BCUT2D eigenvalue weighted by molar-refractivity contribution is 6.32. The van der Waals surface area contributed by atoms with E-state index in [2.05, 4.69) is 5.32 Å². The molecule has 0 heterocycles. The normalized spacial score (nSPS) is 12.0. The molecule has 0 bridgehead atoms. The summed E-state index contributed by atoms with van der Waals surface area (Å²) in [6.07, 6.45) is 0. The number of carbonyl (C=O) groups excluding carboxylic acids is 1. The van der Waals surface area contributed by atoms with Crippen LogP contribution in [0.15, 0.2) is 18.2 Å². The molecule has 1 aromatic carbocycles. The van der Waals surface area contributed by atoms with E-state index in [-0.39, 0.29) is 18.6 Å². The fraction of sp³-hybridized carbons (Fsp3) is 0.462. The molecule has 0 fully saturated rings. The predicted octanol–water partition coefficient (Wildman–Crippen LogP) is 1.50. The summed E-state index contributed by atoms with van der Waals surface area (Å²) >= 11 is 6.05. The predicted molar refractivity (Wildman–Crippen MR) is 74.4 cm³/mol. The van der Waals surface area contributed by atoms with Gasteiger partial charge in [-0.25, -0.2) is 0 Å². The van der Waals surface area contributed by atoms with Gasteiger partial charge in [-0.05, 0) is 24.6 Å². The summed E-state index contributed by atoms with van der Waals surface area (Å²) in [4.78, 5) is 11.4. The first-order valence-electron chi connectivity index (χ1n) is 5.98. The van der Waals surface area contributed by atoms with Crippen LogP contribution in [0.5, 0.6) is 5.75 Å². The first-order chi connectivity index (χ1) is 9.04. The van der Waals surface area contributed by atoms with Crippen LogP contribution < -0.4 is 15.8 Å². The third-order valence-electron chi connectivity index (χ3n) is 2.47. The first-order valence-corrected chi connectivity index (χ1v) is 6.36. The Balaban J connectivity index is 2.47. The van der Waals surface area contributed by atoms with Crippen LogP contribution in [0.2, 0.25) is 5.02 Å². The van der Waals surface area contributed by atoms with Crippen molar-refractivity contribution >= 4 is 17.5 Å². The van der Waals surface area contributed by atoms with E-state index in [0.29, 0.717) is 23.9 Å². The topological polar surface area (TPSA) is 73.6 Å². The molecule has 19 heavy (non-hydrogen) atoms. The fourth-order valence-corrected chi connectivity index (χ4v) is 1.65. The minimum absolute atomic E-state index is 0.0824. The standard InChI is InChI=1S/C13H19ClN2O3/c1-9(15)10-3-4-12(11(14)7-10)19-8-13(17)16-5-6-18-2/h3-4,7,9H,5-6,8,15H2,1-2H3,(H,16,17)/t9-/m0/s1. The van der Waals surface area contributed by atoms with Crippen LogP contribution in [-0.4, -0.2) is 32.8 Å². The number of halogens is 1. The van der Waals surface area contributed by atoms with Crippen LogP contribution in [0.3, 0.4) is 0 Å². The number of amides is 1. The van der Waals surface area contributed by atoms with Crippen molar-refractivity contribution in [2.45, 2.75) is 13.0 Å². The average molecular weight is 287 g/mol. The maximum Gasteiger partial charge on any atom is 0.258 e. The van der Waals surface area contributed by atoms with E-state index >= 15 is 0 Å². The van der Waals surface area contributed by atoms with Gasteiger partial charge in [0.2, 0.25) is 0 Å². The van der Waals surface area contributed by atoms with Gasteiger partial charge >= 0.3 is 0 Å². The molecule has 0 aliphatic carbocycles. The molecule has 0 spiro atoms. The molecular weight excluding hydrogens is 268 g/mol. The molecule has 0 unspecified atom stereocenters. The van der Waals surface area contributed by atoms with Crippen LogP contribution >= 0.6 is 11.6 Å². The Morgan fingerprint density at radius 2 is 2.26 bits per heavy atom. The number of hydrogen-bond donors (Lipinski definition) is 2. The lowest BCUT2D eigenvalue weighted by Gasteiger charge is -2.11. The van der Waals surface area contributed by atoms with Gasteiger partial charge in [0.05, 0.1) is 11.6 Å². The summed E-state index contributed by atoms with van der Waals surface area (Å²) in [7, 11) is 1.57. The number of nitrogens with one attached hydrogen (secondary N) is 1. The van der Waals surface area contributed by atoms with Gasteiger partial charge in [0.1, 0.15) is 5.75 Å². The lowest BCUT2D eigenvalue weighted by atomic mass is 10.1. The molecule has 0 saturated carbocycles. The minimum Gasteiger partial charge on any atom is -0.482 e. The molecule has 0 radical (unpaired) electrons. The van der Waals surface area contributed by atoms with Gasteiger partial charge in [0, 0.05) is 19.7 Å². The maximum absolute atomic E-state index is 11.4. The van der Waals surface area contributed by atoms with Crippen LogP contribution in [0.25, 0.3) is 0 Å². The molecule has 0 aliphatic heterocycles. The molecule has 106 valence electrons. The van der Waals surface area contributed by atoms with Gasteiger partial charge in [0.25, 0.3) is 5.91 Å². The maximum atomic E-state index is 11.4. The zero-order chi connectivity index (χ0) is 14.3. The number of hydrogen-bond acceptors (Lipinski definition) is 4. The second-order valence-corrected chi connectivity index (χ2v) is 4.52. The second-order valence-electron chi connectivity index (χ2n) is 4.11. The summed E-state index contributed by atoms with van der Waals surface area (Å²) in [5.74, 6) is 0.248. The molecule has 1 aromatic rings. The van der Waals surface area contributed by atoms with Gasteiger partial charge in [-0.1, -0.05) is 17.7 Å². The average Bonchev–Trinajstić information content (AvgIpc) is 2.37. The minimum atomic E-state index is -0.218. The molecule has 3 N–H and O–H groups in total. The Bertz CT molecular complexity index is 424. The molecule has 0 aromatic heterocycles. The van der Waals surface area contributed by atoms with Crippen LogP contribution in [0.4, 0.5) is 0 Å². The summed E-state index contributed by atoms with van der Waals surface area (Å²) < 4.78 is 10.2. The van der Waals surface area contributed by atoms with Gasteiger partial charge in [-0.3, -0.25) is 4.79 Å². The van der Waals surface area contributed by atoms with Crippen molar-refractivity contribution in [3.63, 3.8) is 0 Å². The van der Waals surface area contributed by atoms with Crippen molar-refractivity contribution in [1.82, 2.24) is 5.32 Å². The highest BCUT2D eigenvalue weighted by atomic mass is 35.5. The Kier molecular flexibility index (Phi) is 6.62. The Hall–Kier alpha value is -1.30. The molecule has 6 heteroatoms. The van der Waals surface area contributed by atoms with Crippen LogP contribution in [0, 0.1) is 0 Å². The zero-order valence-electron chi connectivity index (χ0n) is 11.1. The monoisotopic (exact) mass is 286 g/mol. The van der Waals surface area contributed by atoms with E-state index in [9.17, 15) is 4.79 Å². The van der Waals surface area contributed by atoms with Crippen molar-refractivity contribution in [1.29, 1.82) is 0 Å². The van der Waals surface area contributed by atoms with Gasteiger partial charge in [-0.15, -0.1) is 0 Å². The van der Waals surface area contributed by atoms with Crippen molar-refractivity contribution in [2.75, 3.05) is 26.9 Å². The molecular formula is C13H19ClN2O3. The molecule has 0 aliphatic rings. The summed E-state index contributed by atoms with van der Waals surface area (Å²) in [5.41, 5.74) is 6.67. The largest absolute Gasteiger partial charge is 0.482 e. The van der Waals surface area contributed by atoms with E-state index in [1.54, 1.807) is 19.2 Å².